The third-order valence-corrected chi connectivity index (χ3v) is 7.75. The quantitative estimate of drug-likeness (QED) is 0.258. The van der Waals surface area contributed by atoms with Crippen molar-refractivity contribution in [2.75, 3.05) is 11.1 Å². The van der Waals surface area contributed by atoms with E-state index >= 15 is 0 Å². The van der Waals surface area contributed by atoms with Crippen LogP contribution in [-0.2, 0) is 16.1 Å². The first kappa shape index (κ1) is 26.1. The molecule has 1 fully saturated rings. The fraction of sp³-hybridized carbons (Fsp3) is 0.226. The number of hydrogen-bond donors (Lipinski definition) is 2. The van der Waals surface area contributed by atoms with Gasteiger partial charge in [0.25, 0.3) is 5.91 Å². The van der Waals surface area contributed by atoms with Crippen molar-refractivity contribution in [1.82, 2.24) is 4.98 Å². The number of thioether (sulfide) groups is 1. The lowest BCUT2D eigenvalue weighted by Crippen LogP contribution is -2.38. The average molecular weight is 527 g/mol. The standard InChI is InChI=1S/C31H30N2O4S/c1-21-28(20-38-27-7-3-2-4-8-27)36-31(37-29(21)23-11-9-22(19-34)10-12-23)24-13-15-26(16-14-24)33-30(35)25-6-5-17-32-18-25/h2-18,21,28-29,31,34H,19-20H2,1H3,(H,33,35)/t21-,28+,29+,31+/m0/s1. The molecule has 0 unspecified atom stereocenters. The molecule has 0 spiro atoms. The molecule has 5 rings (SSSR count). The largest absolute Gasteiger partial charge is 0.392 e. The minimum Gasteiger partial charge on any atom is -0.392 e. The number of carbonyl (C=O) groups excluding carboxylic acids is 1. The second-order valence-corrected chi connectivity index (χ2v) is 10.4. The van der Waals surface area contributed by atoms with Crippen molar-refractivity contribution >= 4 is 23.4 Å². The summed E-state index contributed by atoms with van der Waals surface area (Å²) in [5.74, 6) is 0.685. The fourth-order valence-electron chi connectivity index (χ4n) is 4.43. The fourth-order valence-corrected chi connectivity index (χ4v) is 5.52. The zero-order valence-corrected chi connectivity index (χ0v) is 21.9. The van der Waals surface area contributed by atoms with Gasteiger partial charge in [-0.3, -0.25) is 9.78 Å². The van der Waals surface area contributed by atoms with E-state index in [-0.39, 0.29) is 30.6 Å². The summed E-state index contributed by atoms with van der Waals surface area (Å²) in [5.41, 5.74) is 3.98. The molecule has 7 heteroatoms. The minimum absolute atomic E-state index is 0.00705. The Labute approximate surface area is 227 Å². The number of aliphatic hydroxyl groups is 1. The summed E-state index contributed by atoms with van der Waals surface area (Å²) in [5, 5.41) is 12.4. The Balaban J connectivity index is 1.34. The molecule has 0 aliphatic carbocycles. The Kier molecular flexibility index (Phi) is 8.51. The van der Waals surface area contributed by atoms with Crippen LogP contribution >= 0.6 is 11.8 Å². The van der Waals surface area contributed by atoms with E-state index in [9.17, 15) is 9.90 Å². The van der Waals surface area contributed by atoms with E-state index in [4.69, 9.17) is 9.47 Å². The number of anilines is 1. The molecular weight excluding hydrogens is 496 g/mol. The Morgan fingerprint density at radius 3 is 2.34 bits per heavy atom. The highest BCUT2D eigenvalue weighted by Crippen LogP contribution is 2.43. The predicted octanol–water partition coefficient (Wildman–Crippen LogP) is 6.41. The maximum Gasteiger partial charge on any atom is 0.257 e. The summed E-state index contributed by atoms with van der Waals surface area (Å²) in [7, 11) is 0. The summed E-state index contributed by atoms with van der Waals surface area (Å²) in [6.07, 6.45) is 2.39. The van der Waals surface area contributed by atoms with Crippen LogP contribution in [0.5, 0.6) is 0 Å². The topological polar surface area (TPSA) is 80.7 Å². The van der Waals surface area contributed by atoms with Gasteiger partial charge < -0.3 is 19.9 Å². The lowest BCUT2D eigenvalue weighted by Gasteiger charge is -2.41. The molecular formula is C31H30N2O4S. The molecule has 1 aliphatic rings. The number of amides is 1. The van der Waals surface area contributed by atoms with Crippen LogP contribution in [0.4, 0.5) is 5.69 Å². The lowest BCUT2D eigenvalue weighted by molar-refractivity contribution is -0.268. The molecule has 194 valence electrons. The minimum atomic E-state index is -0.557. The van der Waals surface area contributed by atoms with Crippen LogP contribution in [0.1, 0.15) is 46.4 Å². The third kappa shape index (κ3) is 6.31. The molecule has 3 aromatic carbocycles. The highest BCUT2D eigenvalue weighted by atomic mass is 32.2. The van der Waals surface area contributed by atoms with Gasteiger partial charge in [0.1, 0.15) is 0 Å². The molecule has 4 aromatic rings. The number of hydrogen-bond acceptors (Lipinski definition) is 6. The van der Waals surface area contributed by atoms with Crippen LogP contribution in [0, 0.1) is 5.92 Å². The van der Waals surface area contributed by atoms with Crippen LogP contribution in [-0.4, -0.2) is 27.9 Å². The zero-order chi connectivity index (χ0) is 26.3. The Bertz CT molecular complexity index is 1320. The van der Waals surface area contributed by atoms with Crippen molar-refractivity contribution in [2.24, 2.45) is 5.92 Å². The second kappa shape index (κ2) is 12.4. The SMILES string of the molecule is C[C@H]1[C@@H](CSc2ccccc2)O[C@@H](c2ccc(NC(=O)c3cccnc3)cc2)O[C@H]1c1ccc(CO)cc1. The van der Waals surface area contributed by atoms with E-state index < -0.39 is 6.29 Å². The number of nitrogens with one attached hydrogen (secondary N) is 1. The van der Waals surface area contributed by atoms with Crippen LogP contribution in [0.15, 0.2) is 108 Å². The van der Waals surface area contributed by atoms with E-state index in [0.29, 0.717) is 11.3 Å². The van der Waals surface area contributed by atoms with E-state index in [2.05, 4.69) is 29.4 Å². The molecule has 1 aliphatic heterocycles. The Morgan fingerprint density at radius 2 is 1.66 bits per heavy atom. The lowest BCUT2D eigenvalue weighted by atomic mass is 9.91. The summed E-state index contributed by atoms with van der Waals surface area (Å²) in [4.78, 5) is 17.7. The number of aliphatic hydroxyl groups excluding tert-OH is 1. The van der Waals surface area contributed by atoms with Crippen molar-refractivity contribution in [3.8, 4) is 0 Å². The number of aromatic nitrogens is 1. The highest BCUT2D eigenvalue weighted by Gasteiger charge is 2.38. The summed E-state index contributed by atoms with van der Waals surface area (Å²) in [6.45, 7) is 2.17. The maximum absolute atomic E-state index is 12.5. The van der Waals surface area contributed by atoms with E-state index in [1.807, 2.05) is 66.7 Å². The highest BCUT2D eigenvalue weighted by molar-refractivity contribution is 7.99. The van der Waals surface area contributed by atoms with Crippen molar-refractivity contribution in [3.63, 3.8) is 0 Å². The summed E-state index contributed by atoms with van der Waals surface area (Å²) < 4.78 is 13.0. The Morgan fingerprint density at radius 1 is 0.921 bits per heavy atom. The molecule has 2 heterocycles. The van der Waals surface area contributed by atoms with Gasteiger partial charge in [0.05, 0.1) is 24.4 Å². The van der Waals surface area contributed by atoms with E-state index in [1.165, 1.54) is 11.1 Å². The molecule has 0 bridgehead atoms. The van der Waals surface area contributed by atoms with Gasteiger partial charge in [-0.1, -0.05) is 61.5 Å². The van der Waals surface area contributed by atoms with Gasteiger partial charge in [0.2, 0.25) is 0 Å². The molecule has 1 aromatic heterocycles. The molecule has 1 amide bonds. The van der Waals surface area contributed by atoms with E-state index in [0.717, 1.165) is 22.4 Å². The maximum atomic E-state index is 12.5. The monoisotopic (exact) mass is 526 g/mol. The van der Waals surface area contributed by atoms with Crippen molar-refractivity contribution in [2.45, 2.75) is 36.9 Å². The number of carbonyl (C=O) groups is 1. The number of nitrogens with zero attached hydrogens (tertiary/aromatic N) is 1. The van der Waals surface area contributed by atoms with Gasteiger partial charge >= 0.3 is 0 Å². The average Bonchev–Trinajstić information content (AvgIpc) is 2.98. The summed E-state index contributed by atoms with van der Waals surface area (Å²) in [6, 6.07) is 29.2. The van der Waals surface area contributed by atoms with Crippen molar-refractivity contribution < 1.29 is 19.4 Å². The van der Waals surface area contributed by atoms with Gasteiger partial charge in [0.15, 0.2) is 6.29 Å². The summed E-state index contributed by atoms with van der Waals surface area (Å²) >= 11 is 1.77. The van der Waals surface area contributed by atoms with Crippen LogP contribution < -0.4 is 5.32 Å². The van der Waals surface area contributed by atoms with Gasteiger partial charge in [-0.2, -0.15) is 0 Å². The normalized spacial score (nSPS) is 21.1. The van der Waals surface area contributed by atoms with Gasteiger partial charge in [-0.25, -0.2) is 0 Å². The molecule has 1 saturated heterocycles. The number of pyridine rings is 1. The first-order valence-corrected chi connectivity index (χ1v) is 13.6. The third-order valence-electron chi connectivity index (χ3n) is 6.65. The van der Waals surface area contributed by atoms with E-state index in [1.54, 1.807) is 30.1 Å². The smallest absolute Gasteiger partial charge is 0.257 e. The Hall–Kier alpha value is -3.49. The number of rotatable bonds is 8. The number of ether oxygens (including phenoxy) is 2. The van der Waals surface area contributed by atoms with Crippen LogP contribution in [0.3, 0.4) is 0 Å². The molecule has 4 atom stereocenters. The molecule has 6 nitrogen and oxygen atoms in total. The van der Waals surface area contributed by atoms with Crippen LogP contribution in [0.2, 0.25) is 0 Å². The molecule has 0 saturated carbocycles. The van der Waals surface area contributed by atoms with Gasteiger partial charge in [-0.05, 0) is 47.5 Å². The van der Waals surface area contributed by atoms with Crippen molar-refractivity contribution in [1.29, 1.82) is 0 Å². The first-order chi connectivity index (χ1) is 18.6. The molecule has 38 heavy (non-hydrogen) atoms. The molecule has 0 radical (unpaired) electrons. The molecule has 2 N–H and O–H groups in total. The van der Waals surface area contributed by atoms with Crippen LogP contribution in [0.25, 0.3) is 0 Å². The number of benzene rings is 3. The predicted molar refractivity (Wildman–Crippen MR) is 149 cm³/mol. The van der Waals surface area contributed by atoms with Gasteiger partial charge in [-0.15, -0.1) is 11.8 Å². The first-order valence-electron chi connectivity index (χ1n) is 12.6. The second-order valence-electron chi connectivity index (χ2n) is 9.26. The van der Waals surface area contributed by atoms with Gasteiger partial charge in [0, 0.05) is 40.2 Å². The zero-order valence-electron chi connectivity index (χ0n) is 21.1. The van der Waals surface area contributed by atoms with Crippen molar-refractivity contribution in [3.05, 3.63) is 126 Å².